The van der Waals surface area contributed by atoms with E-state index in [4.69, 9.17) is 4.42 Å². The summed E-state index contributed by atoms with van der Waals surface area (Å²) in [5, 5.41) is 5.96. The van der Waals surface area contributed by atoms with Gasteiger partial charge in [0.25, 0.3) is 11.8 Å². The lowest BCUT2D eigenvalue weighted by Crippen LogP contribution is -2.30. The van der Waals surface area contributed by atoms with Crippen LogP contribution in [0.25, 0.3) is 0 Å². The summed E-state index contributed by atoms with van der Waals surface area (Å²) in [6.07, 6.45) is 4.52. The molecule has 0 radical (unpaired) electrons. The number of benzene rings is 2. The first-order chi connectivity index (χ1) is 17.2. The minimum atomic E-state index is -0.207. The fourth-order valence-corrected chi connectivity index (χ4v) is 3.95. The lowest BCUT2D eigenvalue weighted by Gasteiger charge is -2.26. The van der Waals surface area contributed by atoms with E-state index in [0.717, 1.165) is 37.3 Å². The van der Waals surface area contributed by atoms with Gasteiger partial charge in [-0.15, -0.1) is 0 Å². The highest BCUT2D eigenvalue weighted by molar-refractivity contribution is 6.06. The number of carbonyl (C=O) groups excluding carboxylic acids is 2. The number of anilines is 2. The summed E-state index contributed by atoms with van der Waals surface area (Å²) in [5.74, 6) is 0.474. The van der Waals surface area contributed by atoms with Gasteiger partial charge in [-0.05, 0) is 66.3 Å². The molecular formula is C30H39N3O3. The molecule has 2 aromatic carbocycles. The molecule has 192 valence electrons. The lowest BCUT2D eigenvalue weighted by atomic mass is 9.87. The van der Waals surface area contributed by atoms with Gasteiger partial charge in [0.05, 0.1) is 24.1 Å². The monoisotopic (exact) mass is 489 g/mol. The van der Waals surface area contributed by atoms with E-state index in [1.165, 1.54) is 5.56 Å². The zero-order valence-electron chi connectivity index (χ0n) is 22.2. The summed E-state index contributed by atoms with van der Waals surface area (Å²) >= 11 is 0. The Balaban J connectivity index is 1.89. The van der Waals surface area contributed by atoms with Crippen molar-refractivity contribution in [3.63, 3.8) is 0 Å². The van der Waals surface area contributed by atoms with Gasteiger partial charge in [0, 0.05) is 24.3 Å². The summed E-state index contributed by atoms with van der Waals surface area (Å²) in [7, 11) is 0. The number of unbranched alkanes of at least 4 members (excludes halogenated alkanes) is 1. The zero-order chi connectivity index (χ0) is 26.1. The smallest absolute Gasteiger partial charge is 0.255 e. The van der Waals surface area contributed by atoms with Crippen LogP contribution in [0.5, 0.6) is 0 Å². The van der Waals surface area contributed by atoms with Crippen molar-refractivity contribution in [3.05, 3.63) is 83.3 Å². The third-order valence-corrected chi connectivity index (χ3v) is 6.10. The number of rotatable bonds is 11. The van der Waals surface area contributed by atoms with Crippen molar-refractivity contribution in [2.75, 3.05) is 23.3 Å². The number of nitrogens with zero attached hydrogens (tertiary/aromatic N) is 1. The first-order valence-corrected chi connectivity index (χ1v) is 12.8. The quantitative estimate of drug-likeness (QED) is 0.311. The van der Waals surface area contributed by atoms with Crippen molar-refractivity contribution in [2.24, 2.45) is 0 Å². The van der Waals surface area contributed by atoms with Crippen LogP contribution in [-0.4, -0.2) is 24.9 Å². The third-order valence-electron chi connectivity index (χ3n) is 6.10. The molecule has 6 nitrogen and oxygen atoms in total. The molecule has 0 fully saturated rings. The summed E-state index contributed by atoms with van der Waals surface area (Å²) in [6, 6.07) is 17.0. The Hall–Kier alpha value is -3.54. The molecule has 0 bridgehead atoms. The number of hydrogen-bond acceptors (Lipinski definition) is 4. The van der Waals surface area contributed by atoms with Crippen LogP contribution in [0, 0.1) is 0 Å². The Bertz CT molecular complexity index is 1130. The van der Waals surface area contributed by atoms with E-state index in [2.05, 4.69) is 43.2 Å². The van der Waals surface area contributed by atoms with E-state index in [1.54, 1.807) is 12.3 Å². The number of furan rings is 1. The van der Waals surface area contributed by atoms with Crippen molar-refractivity contribution >= 4 is 23.2 Å². The molecular weight excluding hydrogens is 450 g/mol. The average Bonchev–Trinajstić information content (AvgIpc) is 3.38. The van der Waals surface area contributed by atoms with Crippen LogP contribution in [0.4, 0.5) is 11.4 Å². The van der Waals surface area contributed by atoms with Crippen LogP contribution in [0.1, 0.15) is 85.9 Å². The summed E-state index contributed by atoms with van der Waals surface area (Å²) in [6.45, 7) is 12.5. The minimum Gasteiger partial charge on any atom is -0.467 e. The van der Waals surface area contributed by atoms with Crippen LogP contribution >= 0.6 is 0 Å². The summed E-state index contributed by atoms with van der Waals surface area (Å²) in [4.78, 5) is 28.3. The fraction of sp³-hybridized carbons (Fsp3) is 0.400. The minimum absolute atomic E-state index is 0.0187. The van der Waals surface area contributed by atoms with Crippen molar-refractivity contribution in [3.8, 4) is 0 Å². The molecule has 3 rings (SSSR count). The zero-order valence-corrected chi connectivity index (χ0v) is 22.2. The standard InChI is InChI=1S/C30H39N3O3/c1-6-8-18-33(21-25-10-9-19-36-25)27-16-15-24(20-26(27)29(35)31-17-7-2)32-28(34)22-11-13-23(14-12-22)30(3,4)5/h9-16,19-20H,6-8,17-18,21H2,1-5H3,(H,31,35)(H,32,34). The predicted octanol–water partition coefficient (Wildman–Crippen LogP) is 6.78. The topological polar surface area (TPSA) is 74.6 Å². The van der Waals surface area contributed by atoms with Crippen LogP contribution in [-0.2, 0) is 12.0 Å². The van der Waals surface area contributed by atoms with Crippen molar-refractivity contribution in [2.45, 2.75) is 65.8 Å². The van der Waals surface area contributed by atoms with E-state index in [0.29, 0.717) is 29.9 Å². The molecule has 0 saturated carbocycles. The molecule has 3 aromatic rings. The molecule has 0 saturated heterocycles. The van der Waals surface area contributed by atoms with E-state index in [1.807, 2.05) is 55.5 Å². The van der Waals surface area contributed by atoms with E-state index in [-0.39, 0.29) is 17.2 Å². The first kappa shape index (κ1) is 27.1. The Labute approximate surface area is 215 Å². The predicted molar refractivity (Wildman–Crippen MR) is 147 cm³/mol. The number of amides is 2. The van der Waals surface area contributed by atoms with Crippen molar-refractivity contribution in [1.29, 1.82) is 0 Å². The Morgan fingerprint density at radius 3 is 2.31 bits per heavy atom. The normalized spacial score (nSPS) is 11.2. The van der Waals surface area contributed by atoms with E-state index < -0.39 is 0 Å². The maximum absolute atomic E-state index is 13.2. The molecule has 0 spiro atoms. The molecule has 0 atom stereocenters. The Kier molecular flexibility index (Phi) is 9.34. The molecule has 1 aromatic heterocycles. The second kappa shape index (κ2) is 12.4. The third kappa shape index (κ3) is 7.23. The van der Waals surface area contributed by atoms with Crippen molar-refractivity contribution < 1.29 is 14.0 Å². The SMILES string of the molecule is CCCCN(Cc1ccco1)c1ccc(NC(=O)c2ccc(C(C)(C)C)cc2)cc1C(=O)NCCC. The van der Waals surface area contributed by atoms with Gasteiger partial charge < -0.3 is 20.0 Å². The van der Waals surface area contributed by atoms with Gasteiger partial charge in [0.1, 0.15) is 5.76 Å². The Morgan fingerprint density at radius 2 is 1.69 bits per heavy atom. The van der Waals surface area contributed by atoms with E-state index in [9.17, 15) is 9.59 Å². The first-order valence-electron chi connectivity index (χ1n) is 12.8. The molecule has 0 aliphatic heterocycles. The highest BCUT2D eigenvalue weighted by Crippen LogP contribution is 2.28. The molecule has 0 unspecified atom stereocenters. The molecule has 2 amide bonds. The molecule has 0 aliphatic carbocycles. The lowest BCUT2D eigenvalue weighted by molar-refractivity contribution is 0.0952. The number of carbonyl (C=O) groups is 2. The molecule has 6 heteroatoms. The maximum Gasteiger partial charge on any atom is 0.255 e. The average molecular weight is 490 g/mol. The van der Waals surface area contributed by atoms with Crippen molar-refractivity contribution in [1.82, 2.24) is 5.32 Å². The highest BCUT2D eigenvalue weighted by Gasteiger charge is 2.20. The van der Waals surface area contributed by atoms with Gasteiger partial charge in [-0.1, -0.05) is 53.2 Å². The van der Waals surface area contributed by atoms with Crippen LogP contribution in [0.15, 0.2) is 65.3 Å². The summed E-state index contributed by atoms with van der Waals surface area (Å²) in [5.41, 5.74) is 3.70. The number of hydrogen-bond donors (Lipinski definition) is 2. The second-order valence-corrected chi connectivity index (χ2v) is 10.1. The molecule has 0 aliphatic rings. The summed E-state index contributed by atoms with van der Waals surface area (Å²) < 4.78 is 5.59. The van der Waals surface area contributed by atoms with E-state index >= 15 is 0 Å². The van der Waals surface area contributed by atoms with Crippen LogP contribution in [0.3, 0.4) is 0 Å². The fourth-order valence-electron chi connectivity index (χ4n) is 3.95. The Morgan fingerprint density at radius 1 is 0.944 bits per heavy atom. The highest BCUT2D eigenvalue weighted by atomic mass is 16.3. The van der Waals surface area contributed by atoms with Gasteiger partial charge >= 0.3 is 0 Å². The van der Waals surface area contributed by atoms with Gasteiger partial charge in [-0.2, -0.15) is 0 Å². The largest absolute Gasteiger partial charge is 0.467 e. The van der Waals surface area contributed by atoms with Crippen LogP contribution < -0.4 is 15.5 Å². The molecule has 36 heavy (non-hydrogen) atoms. The van der Waals surface area contributed by atoms with Gasteiger partial charge in [0.2, 0.25) is 0 Å². The van der Waals surface area contributed by atoms with Gasteiger partial charge in [-0.25, -0.2) is 0 Å². The maximum atomic E-state index is 13.2. The second-order valence-electron chi connectivity index (χ2n) is 10.1. The van der Waals surface area contributed by atoms with Gasteiger partial charge in [0.15, 0.2) is 0 Å². The number of nitrogens with one attached hydrogen (secondary N) is 2. The molecule has 1 heterocycles. The molecule has 2 N–H and O–H groups in total. The van der Waals surface area contributed by atoms with Crippen LogP contribution in [0.2, 0.25) is 0 Å². The van der Waals surface area contributed by atoms with Gasteiger partial charge in [-0.3, -0.25) is 9.59 Å².